The lowest BCUT2D eigenvalue weighted by atomic mass is 10.0. The van der Waals surface area contributed by atoms with Crippen molar-refractivity contribution in [1.82, 2.24) is 4.90 Å². The highest BCUT2D eigenvalue weighted by atomic mass is 16.2. The number of carbonyl (C=O) groups is 1. The first-order valence-corrected chi connectivity index (χ1v) is 6.78. The number of rotatable bonds is 1. The van der Waals surface area contributed by atoms with Gasteiger partial charge in [-0.25, -0.2) is 0 Å². The number of hydrogen-bond donors (Lipinski definition) is 1. The van der Waals surface area contributed by atoms with E-state index in [-0.39, 0.29) is 11.9 Å². The molecule has 98 valence electrons. The van der Waals surface area contributed by atoms with Gasteiger partial charge >= 0.3 is 0 Å². The van der Waals surface area contributed by atoms with E-state index in [9.17, 15) is 4.79 Å². The Balaban J connectivity index is 1.97. The molecule has 0 aliphatic carbocycles. The zero-order valence-corrected chi connectivity index (χ0v) is 10.9. The van der Waals surface area contributed by atoms with E-state index in [1.54, 1.807) is 0 Å². The van der Waals surface area contributed by atoms with Crippen molar-refractivity contribution in [2.45, 2.75) is 18.9 Å². The van der Waals surface area contributed by atoms with Gasteiger partial charge in [-0.1, -0.05) is 36.4 Å². The van der Waals surface area contributed by atoms with Crippen LogP contribution in [0.4, 0.5) is 0 Å². The molecule has 1 heterocycles. The second-order valence-corrected chi connectivity index (χ2v) is 5.18. The van der Waals surface area contributed by atoms with Crippen molar-refractivity contribution in [2.24, 2.45) is 5.73 Å². The highest BCUT2D eigenvalue weighted by Crippen LogP contribution is 2.21. The number of benzene rings is 2. The summed E-state index contributed by atoms with van der Waals surface area (Å²) in [5.74, 6) is 0.104. The van der Waals surface area contributed by atoms with Gasteiger partial charge < -0.3 is 10.6 Å². The molecule has 3 nitrogen and oxygen atoms in total. The predicted octanol–water partition coefficient (Wildman–Crippen LogP) is 2.40. The molecule has 1 atom stereocenters. The average Bonchev–Trinajstić information content (AvgIpc) is 2.46. The number of hydrogen-bond acceptors (Lipinski definition) is 2. The fraction of sp³-hybridized carbons (Fsp3) is 0.312. The number of piperidine rings is 1. The first kappa shape index (κ1) is 12.2. The normalized spacial score (nSPS) is 19.6. The Morgan fingerprint density at radius 3 is 2.79 bits per heavy atom. The minimum atomic E-state index is 0.104. The van der Waals surface area contributed by atoms with E-state index >= 15 is 0 Å². The third-order valence-electron chi connectivity index (χ3n) is 3.77. The summed E-state index contributed by atoms with van der Waals surface area (Å²) in [5.41, 5.74) is 6.74. The van der Waals surface area contributed by atoms with E-state index in [1.165, 1.54) is 0 Å². The zero-order valence-electron chi connectivity index (χ0n) is 10.9. The Labute approximate surface area is 113 Å². The van der Waals surface area contributed by atoms with Crippen LogP contribution in [0.3, 0.4) is 0 Å². The van der Waals surface area contributed by atoms with Crippen LogP contribution in [0.1, 0.15) is 23.2 Å². The molecule has 0 unspecified atom stereocenters. The van der Waals surface area contributed by atoms with Gasteiger partial charge in [0.25, 0.3) is 5.91 Å². The van der Waals surface area contributed by atoms with E-state index in [0.717, 1.165) is 35.7 Å². The number of nitrogens with zero attached hydrogens (tertiary/aromatic N) is 1. The number of fused-ring (bicyclic) bond motifs is 1. The third-order valence-corrected chi connectivity index (χ3v) is 3.77. The lowest BCUT2D eigenvalue weighted by Gasteiger charge is -2.31. The summed E-state index contributed by atoms with van der Waals surface area (Å²) in [7, 11) is 0. The van der Waals surface area contributed by atoms with Crippen molar-refractivity contribution in [3.63, 3.8) is 0 Å². The van der Waals surface area contributed by atoms with Crippen molar-refractivity contribution < 1.29 is 4.79 Å². The Hall–Kier alpha value is -1.87. The van der Waals surface area contributed by atoms with Crippen molar-refractivity contribution >= 4 is 16.7 Å². The first-order valence-electron chi connectivity index (χ1n) is 6.78. The molecule has 2 aromatic carbocycles. The summed E-state index contributed by atoms with van der Waals surface area (Å²) in [6, 6.07) is 14.0. The molecular formula is C16H18N2O. The average molecular weight is 254 g/mol. The van der Waals surface area contributed by atoms with Crippen LogP contribution < -0.4 is 5.73 Å². The van der Waals surface area contributed by atoms with Gasteiger partial charge in [-0.2, -0.15) is 0 Å². The molecule has 0 saturated carbocycles. The first-order chi connectivity index (χ1) is 9.25. The molecule has 1 fully saturated rings. The number of carbonyl (C=O) groups excluding carboxylic acids is 1. The van der Waals surface area contributed by atoms with Gasteiger partial charge in [0.05, 0.1) is 0 Å². The fourth-order valence-corrected chi connectivity index (χ4v) is 2.78. The molecule has 19 heavy (non-hydrogen) atoms. The molecule has 3 heteroatoms. The van der Waals surface area contributed by atoms with E-state index < -0.39 is 0 Å². The molecule has 2 N–H and O–H groups in total. The van der Waals surface area contributed by atoms with Crippen molar-refractivity contribution in [3.05, 3.63) is 48.0 Å². The second-order valence-electron chi connectivity index (χ2n) is 5.18. The molecule has 3 rings (SSSR count). The maximum Gasteiger partial charge on any atom is 0.254 e. The van der Waals surface area contributed by atoms with Crippen LogP contribution in [-0.2, 0) is 0 Å². The molecular weight excluding hydrogens is 236 g/mol. The van der Waals surface area contributed by atoms with Gasteiger partial charge in [0.2, 0.25) is 0 Å². The standard InChI is InChI=1S/C16H18N2O/c17-13-7-4-10-18(11-13)16(19)15-9-3-6-12-5-1-2-8-14(12)15/h1-3,5-6,8-9,13H,4,7,10-11,17H2/t13-/m1/s1. The molecule has 0 bridgehead atoms. The van der Waals surface area contributed by atoms with Crippen LogP contribution in [0, 0.1) is 0 Å². The predicted molar refractivity (Wildman–Crippen MR) is 77.1 cm³/mol. The molecule has 1 aliphatic rings. The summed E-state index contributed by atoms with van der Waals surface area (Å²) in [4.78, 5) is 14.5. The summed E-state index contributed by atoms with van der Waals surface area (Å²) in [5, 5.41) is 2.13. The highest BCUT2D eigenvalue weighted by molar-refractivity contribution is 6.07. The van der Waals surface area contributed by atoms with Crippen LogP contribution in [0.15, 0.2) is 42.5 Å². The number of amides is 1. The van der Waals surface area contributed by atoms with Crippen LogP contribution in [0.5, 0.6) is 0 Å². The largest absolute Gasteiger partial charge is 0.337 e. The Morgan fingerprint density at radius 1 is 1.16 bits per heavy atom. The maximum absolute atomic E-state index is 12.6. The number of likely N-dealkylation sites (tertiary alicyclic amines) is 1. The van der Waals surface area contributed by atoms with Gasteiger partial charge in [-0.05, 0) is 29.7 Å². The zero-order chi connectivity index (χ0) is 13.2. The highest BCUT2D eigenvalue weighted by Gasteiger charge is 2.23. The maximum atomic E-state index is 12.6. The Kier molecular flexibility index (Phi) is 3.22. The third kappa shape index (κ3) is 2.34. The van der Waals surface area contributed by atoms with Gasteiger partial charge in [0.15, 0.2) is 0 Å². The SMILES string of the molecule is N[C@@H]1CCCN(C(=O)c2cccc3ccccc23)C1. The van der Waals surface area contributed by atoms with Crippen molar-refractivity contribution in [3.8, 4) is 0 Å². The second kappa shape index (κ2) is 5.02. The summed E-state index contributed by atoms with van der Waals surface area (Å²) < 4.78 is 0. The van der Waals surface area contributed by atoms with Gasteiger partial charge in [-0.3, -0.25) is 4.79 Å². The van der Waals surface area contributed by atoms with E-state index in [0.29, 0.717) is 6.54 Å². The summed E-state index contributed by atoms with van der Waals surface area (Å²) in [6.07, 6.45) is 2.01. The molecule has 0 spiro atoms. The molecule has 2 aromatic rings. The van der Waals surface area contributed by atoms with E-state index in [4.69, 9.17) is 5.73 Å². The Bertz CT molecular complexity index is 603. The molecule has 0 radical (unpaired) electrons. The van der Waals surface area contributed by atoms with Gasteiger partial charge in [0, 0.05) is 24.7 Å². The molecule has 1 aliphatic heterocycles. The minimum absolute atomic E-state index is 0.104. The molecule has 1 saturated heterocycles. The van der Waals surface area contributed by atoms with E-state index in [2.05, 4.69) is 0 Å². The van der Waals surface area contributed by atoms with E-state index in [1.807, 2.05) is 47.4 Å². The molecule has 1 amide bonds. The fourth-order valence-electron chi connectivity index (χ4n) is 2.78. The summed E-state index contributed by atoms with van der Waals surface area (Å²) >= 11 is 0. The smallest absolute Gasteiger partial charge is 0.254 e. The van der Waals surface area contributed by atoms with Gasteiger partial charge in [-0.15, -0.1) is 0 Å². The number of nitrogens with two attached hydrogens (primary N) is 1. The monoisotopic (exact) mass is 254 g/mol. The lowest BCUT2D eigenvalue weighted by molar-refractivity contribution is 0.0711. The van der Waals surface area contributed by atoms with Crippen LogP contribution in [0.2, 0.25) is 0 Å². The van der Waals surface area contributed by atoms with Gasteiger partial charge in [0.1, 0.15) is 0 Å². The van der Waals surface area contributed by atoms with Crippen LogP contribution in [-0.4, -0.2) is 29.9 Å². The Morgan fingerprint density at radius 2 is 1.95 bits per heavy atom. The van der Waals surface area contributed by atoms with Crippen LogP contribution in [0.25, 0.3) is 10.8 Å². The quantitative estimate of drug-likeness (QED) is 0.849. The van der Waals surface area contributed by atoms with Crippen LogP contribution >= 0.6 is 0 Å². The molecule has 0 aromatic heterocycles. The van der Waals surface area contributed by atoms with Crippen molar-refractivity contribution in [2.75, 3.05) is 13.1 Å². The lowest BCUT2D eigenvalue weighted by Crippen LogP contribution is -2.45. The minimum Gasteiger partial charge on any atom is -0.337 e. The van der Waals surface area contributed by atoms with Crippen molar-refractivity contribution in [1.29, 1.82) is 0 Å². The topological polar surface area (TPSA) is 46.3 Å². The summed E-state index contributed by atoms with van der Waals surface area (Å²) in [6.45, 7) is 1.48.